The maximum Gasteiger partial charge on any atom is 0.299 e. The van der Waals surface area contributed by atoms with E-state index in [1.165, 1.54) is 16.7 Å². The van der Waals surface area contributed by atoms with Gasteiger partial charge >= 0.3 is 0 Å². The SMILES string of the molecule is Cc1nc(Sc2ccc3c(c2)N(C)C(=O)C3=O)oc1C. The molecule has 5 nitrogen and oxygen atoms in total. The van der Waals surface area contributed by atoms with E-state index in [1.54, 1.807) is 25.2 Å². The van der Waals surface area contributed by atoms with Crippen LogP contribution in [0.1, 0.15) is 21.8 Å². The highest BCUT2D eigenvalue weighted by Crippen LogP contribution is 2.35. The van der Waals surface area contributed by atoms with E-state index in [9.17, 15) is 9.59 Å². The van der Waals surface area contributed by atoms with Gasteiger partial charge in [-0.25, -0.2) is 4.98 Å². The van der Waals surface area contributed by atoms with Crippen LogP contribution in [-0.2, 0) is 4.79 Å². The molecule has 6 heteroatoms. The minimum absolute atomic E-state index is 0.446. The first-order chi connectivity index (χ1) is 9.47. The minimum Gasteiger partial charge on any atom is -0.436 e. The van der Waals surface area contributed by atoms with Crippen molar-refractivity contribution in [3.05, 3.63) is 35.2 Å². The Morgan fingerprint density at radius 3 is 2.65 bits per heavy atom. The molecule has 1 aliphatic heterocycles. The molecule has 3 rings (SSSR count). The van der Waals surface area contributed by atoms with Gasteiger partial charge in [0.15, 0.2) is 0 Å². The fourth-order valence-electron chi connectivity index (χ4n) is 2.01. The molecule has 1 amide bonds. The third kappa shape index (κ3) is 1.92. The summed E-state index contributed by atoms with van der Waals surface area (Å²) in [5, 5.41) is 0.554. The van der Waals surface area contributed by atoms with Gasteiger partial charge in [-0.05, 0) is 43.8 Å². The number of aryl methyl sites for hydroxylation is 2. The number of ketones is 1. The predicted octanol–water partition coefficient (Wildman–Crippen LogP) is 2.60. The lowest BCUT2D eigenvalue weighted by molar-refractivity contribution is -0.114. The first kappa shape index (κ1) is 12.9. The molecule has 0 fully saturated rings. The first-order valence-electron chi connectivity index (χ1n) is 6.05. The molecular weight excluding hydrogens is 276 g/mol. The highest BCUT2D eigenvalue weighted by molar-refractivity contribution is 7.99. The molecule has 0 atom stereocenters. The highest BCUT2D eigenvalue weighted by atomic mass is 32.2. The van der Waals surface area contributed by atoms with Crippen LogP contribution in [-0.4, -0.2) is 23.7 Å². The van der Waals surface area contributed by atoms with Crippen LogP contribution in [0, 0.1) is 13.8 Å². The summed E-state index contributed by atoms with van der Waals surface area (Å²) in [5.41, 5.74) is 1.93. The van der Waals surface area contributed by atoms with Gasteiger partial charge < -0.3 is 9.32 Å². The number of rotatable bonds is 2. The Bertz CT molecular complexity index is 717. The van der Waals surface area contributed by atoms with Crippen LogP contribution in [0.2, 0.25) is 0 Å². The van der Waals surface area contributed by atoms with E-state index < -0.39 is 11.7 Å². The average Bonchev–Trinajstić information content (AvgIpc) is 2.84. The van der Waals surface area contributed by atoms with Crippen molar-refractivity contribution in [3.8, 4) is 0 Å². The van der Waals surface area contributed by atoms with Gasteiger partial charge in [-0.2, -0.15) is 0 Å². The summed E-state index contributed by atoms with van der Waals surface area (Å²) in [6.45, 7) is 3.75. The van der Waals surface area contributed by atoms with E-state index in [4.69, 9.17) is 4.42 Å². The number of oxazole rings is 1. The molecule has 0 spiro atoms. The van der Waals surface area contributed by atoms with Gasteiger partial charge in [0.25, 0.3) is 16.9 Å². The zero-order chi connectivity index (χ0) is 14.4. The van der Waals surface area contributed by atoms with Gasteiger partial charge in [0, 0.05) is 11.9 Å². The zero-order valence-electron chi connectivity index (χ0n) is 11.3. The van der Waals surface area contributed by atoms with E-state index >= 15 is 0 Å². The summed E-state index contributed by atoms with van der Waals surface area (Å²) in [7, 11) is 1.60. The highest BCUT2D eigenvalue weighted by Gasteiger charge is 2.33. The van der Waals surface area contributed by atoms with E-state index in [-0.39, 0.29) is 0 Å². The molecule has 20 heavy (non-hydrogen) atoms. The van der Waals surface area contributed by atoms with Gasteiger partial charge in [0.05, 0.1) is 16.9 Å². The molecule has 0 radical (unpaired) electrons. The van der Waals surface area contributed by atoms with Crippen molar-refractivity contribution in [2.24, 2.45) is 0 Å². The maximum atomic E-state index is 11.7. The smallest absolute Gasteiger partial charge is 0.299 e. The van der Waals surface area contributed by atoms with Gasteiger partial charge in [0.2, 0.25) is 0 Å². The number of hydrogen-bond donors (Lipinski definition) is 0. The van der Waals surface area contributed by atoms with Crippen molar-refractivity contribution in [1.29, 1.82) is 0 Å². The fraction of sp³-hybridized carbons (Fsp3) is 0.214. The number of nitrogens with zero attached hydrogens (tertiary/aromatic N) is 2. The third-order valence-electron chi connectivity index (χ3n) is 3.29. The summed E-state index contributed by atoms with van der Waals surface area (Å²) < 4.78 is 5.51. The Morgan fingerprint density at radius 1 is 1.25 bits per heavy atom. The summed E-state index contributed by atoms with van der Waals surface area (Å²) in [6, 6.07) is 5.27. The number of fused-ring (bicyclic) bond motifs is 1. The number of amides is 1. The molecule has 0 aliphatic carbocycles. The topological polar surface area (TPSA) is 63.4 Å². The summed E-state index contributed by atoms with van der Waals surface area (Å²) in [5.74, 6) is -0.164. The van der Waals surface area contributed by atoms with Crippen LogP contribution in [0.3, 0.4) is 0 Å². The van der Waals surface area contributed by atoms with E-state index in [0.29, 0.717) is 16.5 Å². The second-order valence-corrected chi connectivity index (χ2v) is 5.62. The number of likely N-dealkylation sites (N-methyl/N-ethyl adjacent to an activating group) is 1. The van der Waals surface area contributed by atoms with Crippen molar-refractivity contribution in [3.63, 3.8) is 0 Å². The van der Waals surface area contributed by atoms with Crippen molar-refractivity contribution < 1.29 is 14.0 Å². The number of carbonyl (C=O) groups excluding carboxylic acids is 2. The molecule has 2 aromatic rings. The van der Waals surface area contributed by atoms with Crippen LogP contribution < -0.4 is 4.90 Å². The van der Waals surface area contributed by atoms with Gasteiger partial charge in [-0.1, -0.05) is 0 Å². The molecule has 0 unspecified atom stereocenters. The third-order valence-corrected chi connectivity index (χ3v) is 4.13. The lowest BCUT2D eigenvalue weighted by Crippen LogP contribution is -2.24. The number of Topliss-reactive ketones (excluding diaryl/α,β-unsaturated/α-hetero) is 1. The largest absolute Gasteiger partial charge is 0.436 e. The van der Waals surface area contributed by atoms with Crippen LogP contribution in [0.15, 0.2) is 32.7 Å². The quantitative estimate of drug-likeness (QED) is 0.795. The van der Waals surface area contributed by atoms with E-state index in [0.717, 1.165) is 16.3 Å². The summed E-state index contributed by atoms with van der Waals surface area (Å²) in [6.07, 6.45) is 0. The Morgan fingerprint density at radius 2 is 2.00 bits per heavy atom. The van der Waals surface area contributed by atoms with E-state index in [2.05, 4.69) is 4.98 Å². The molecular formula is C14H12N2O3S. The predicted molar refractivity (Wildman–Crippen MR) is 74.3 cm³/mol. The number of hydrogen-bond acceptors (Lipinski definition) is 5. The number of benzene rings is 1. The van der Waals surface area contributed by atoms with Crippen molar-refractivity contribution >= 4 is 29.1 Å². The van der Waals surface area contributed by atoms with Crippen molar-refractivity contribution in [2.45, 2.75) is 24.0 Å². The molecule has 1 aromatic heterocycles. The second kappa shape index (κ2) is 4.49. The van der Waals surface area contributed by atoms with Crippen LogP contribution >= 0.6 is 11.8 Å². The standard InChI is InChI=1S/C14H12N2O3S/c1-7-8(2)19-14(15-7)20-9-4-5-10-11(6-9)16(3)13(18)12(10)17/h4-6H,1-3H3. The first-order valence-corrected chi connectivity index (χ1v) is 6.87. The normalized spacial score (nSPS) is 14.1. The molecule has 102 valence electrons. The van der Waals surface area contributed by atoms with Gasteiger partial charge in [-0.15, -0.1) is 0 Å². The summed E-state index contributed by atoms with van der Waals surface area (Å²) in [4.78, 5) is 29.9. The molecule has 1 aliphatic rings. The fourth-order valence-corrected chi connectivity index (χ4v) is 2.87. The lowest BCUT2D eigenvalue weighted by Gasteiger charge is -2.09. The Kier molecular flexibility index (Phi) is 2.90. The Balaban J connectivity index is 1.94. The van der Waals surface area contributed by atoms with E-state index in [1.807, 2.05) is 13.8 Å². The van der Waals surface area contributed by atoms with Crippen LogP contribution in [0.5, 0.6) is 0 Å². The Labute approximate surface area is 120 Å². The Hall–Kier alpha value is -2.08. The molecule has 0 bridgehead atoms. The maximum absolute atomic E-state index is 11.7. The van der Waals surface area contributed by atoms with Crippen LogP contribution in [0.25, 0.3) is 0 Å². The molecule has 1 aromatic carbocycles. The molecule has 0 saturated heterocycles. The minimum atomic E-state index is -0.495. The molecule has 0 N–H and O–H groups in total. The van der Waals surface area contributed by atoms with Crippen LogP contribution in [0.4, 0.5) is 5.69 Å². The van der Waals surface area contributed by atoms with Crippen molar-refractivity contribution in [1.82, 2.24) is 4.98 Å². The van der Waals surface area contributed by atoms with Crippen molar-refractivity contribution in [2.75, 3.05) is 11.9 Å². The monoisotopic (exact) mass is 288 g/mol. The average molecular weight is 288 g/mol. The second-order valence-electron chi connectivity index (χ2n) is 4.60. The molecule has 2 heterocycles. The lowest BCUT2D eigenvalue weighted by atomic mass is 10.1. The molecule has 0 saturated carbocycles. The number of carbonyl (C=O) groups is 2. The van der Waals surface area contributed by atoms with Gasteiger partial charge in [0.1, 0.15) is 5.76 Å². The number of aromatic nitrogens is 1. The number of anilines is 1. The zero-order valence-corrected chi connectivity index (χ0v) is 12.1. The van der Waals surface area contributed by atoms with Gasteiger partial charge in [-0.3, -0.25) is 9.59 Å². The summed E-state index contributed by atoms with van der Waals surface area (Å²) >= 11 is 1.37.